The summed E-state index contributed by atoms with van der Waals surface area (Å²) in [4.78, 5) is 8.90. The van der Waals surface area contributed by atoms with Gasteiger partial charge >= 0.3 is 12.1 Å². The highest BCUT2D eigenvalue weighted by Crippen LogP contribution is 2.37. The number of aliphatic carboxylic acids is 1. The number of piperidine rings is 1. The number of carboxylic acids is 1. The van der Waals surface area contributed by atoms with Gasteiger partial charge in [-0.1, -0.05) is 0 Å². The molecule has 0 amide bonds. The average Bonchev–Trinajstić information content (AvgIpc) is 3.26. The van der Waals surface area contributed by atoms with Crippen molar-refractivity contribution < 1.29 is 31.9 Å². The molecule has 1 saturated carbocycles. The van der Waals surface area contributed by atoms with Crippen LogP contribution in [0.1, 0.15) is 44.2 Å². The Balaban J connectivity index is 0.000000298. The summed E-state index contributed by atoms with van der Waals surface area (Å²) in [5.41, 5.74) is 0.736. The molecule has 0 bridgehead atoms. The first-order valence-corrected chi connectivity index (χ1v) is 8.26. The molecule has 2 fully saturated rings. The van der Waals surface area contributed by atoms with E-state index in [4.69, 9.17) is 9.90 Å². The van der Waals surface area contributed by atoms with Crippen molar-refractivity contribution in [2.24, 2.45) is 0 Å². The van der Waals surface area contributed by atoms with Crippen LogP contribution in [0.5, 0.6) is 0 Å². The summed E-state index contributed by atoms with van der Waals surface area (Å²) < 4.78 is 58.8. The van der Waals surface area contributed by atoms with E-state index in [2.05, 4.69) is 17.6 Å². The van der Waals surface area contributed by atoms with Gasteiger partial charge in [-0.2, -0.15) is 13.2 Å². The molecule has 0 spiro atoms. The Morgan fingerprint density at radius 2 is 1.92 bits per heavy atom. The normalized spacial score (nSPS) is 24.4. The minimum Gasteiger partial charge on any atom is -0.475 e. The number of nitrogens with one attached hydrogen (secondary N) is 2. The largest absolute Gasteiger partial charge is 0.490 e. The molecule has 1 aromatic rings. The van der Waals surface area contributed by atoms with Crippen LogP contribution in [0.2, 0.25) is 0 Å². The van der Waals surface area contributed by atoms with Crippen molar-refractivity contribution >= 4 is 5.97 Å². The zero-order valence-electron chi connectivity index (χ0n) is 14.2. The highest BCUT2D eigenvalue weighted by atomic mass is 19.4. The monoisotopic (exact) mass is 380 g/mol. The van der Waals surface area contributed by atoms with Crippen molar-refractivity contribution in [2.45, 2.75) is 56.4 Å². The number of carboxylic acid groups (broad SMARTS) is 1. The van der Waals surface area contributed by atoms with Gasteiger partial charge in [0.1, 0.15) is 11.6 Å². The number of halogens is 5. The summed E-state index contributed by atoms with van der Waals surface area (Å²) >= 11 is 0. The lowest BCUT2D eigenvalue weighted by Crippen LogP contribution is -2.46. The van der Waals surface area contributed by atoms with Crippen molar-refractivity contribution in [3.8, 4) is 0 Å². The molecule has 2 aliphatic rings. The highest BCUT2D eigenvalue weighted by molar-refractivity contribution is 5.73. The first kappa shape index (κ1) is 20.6. The maximum atomic E-state index is 13.8. The van der Waals surface area contributed by atoms with Gasteiger partial charge in [0.25, 0.3) is 0 Å². The van der Waals surface area contributed by atoms with Crippen LogP contribution >= 0.6 is 0 Å². The molecule has 0 aromatic heterocycles. The molecule has 0 radical (unpaired) electrons. The van der Waals surface area contributed by atoms with Gasteiger partial charge in [-0.05, 0) is 57.4 Å². The van der Waals surface area contributed by atoms with Crippen LogP contribution in [-0.4, -0.2) is 35.4 Å². The molecule has 1 saturated heterocycles. The molecule has 1 aliphatic heterocycles. The van der Waals surface area contributed by atoms with E-state index in [1.807, 2.05) is 0 Å². The van der Waals surface area contributed by atoms with Gasteiger partial charge in [-0.25, -0.2) is 13.6 Å². The van der Waals surface area contributed by atoms with Crippen LogP contribution in [0.25, 0.3) is 0 Å². The molecular formula is C17H21F5N2O2. The third-order valence-electron chi connectivity index (χ3n) is 4.53. The molecule has 1 aromatic carbocycles. The highest BCUT2D eigenvalue weighted by Gasteiger charge is 2.40. The molecule has 9 heteroatoms. The zero-order valence-corrected chi connectivity index (χ0v) is 14.2. The van der Waals surface area contributed by atoms with Gasteiger partial charge in [-0.15, -0.1) is 0 Å². The summed E-state index contributed by atoms with van der Waals surface area (Å²) in [7, 11) is 0. The van der Waals surface area contributed by atoms with Crippen LogP contribution in [0.3, 0.4) is 0 Å². The molecule has 1 heterocycles. The fourth-order valence-corrected chi connectivity index (χ4v) is 2.89. The summed E-state index contributed by atoms with van der Waals surface area (Å²) in [5.74, 6) is -3.45. The Morgan fingerprint density at radius 3 is 2.46 bits per heavy atom. The number of benzene rings is 1. The van der Waals surface area contributed by atoms with Gasteiger partial charge in [0.15, 0.2) is 0 Å². The van der Waals surface area contributed by atoms with E-state index < -0.39 is 12.1 Å². The number of alkyl halides is 3. The van der Waals surface area contributed by atoms with E-state index in [9.17, 15) is 22.0 Å². The lowest BCUT2D eigenvalue weighted by Gasteiger charge is -2.33. The van der Waals surface area contributed by atoms with Crippen molar-refractivity contribution in [3.05, 3.63) is 35.4 Å². The zero-order chi connectivity index (χ0) is 19.5. The topological polar surface area (TPSA) is 61.4 Å². The second-order valence-electron chi connectivity index (χ2n) is 6.90. The van der Waals surface area contributed by atoms with Crippen molar-refractivity contribution in [2.75, 3.05) is 6.54 Å². The second kappa shape index (κ2) is 7.87. The lowest BCUT2D eigenvalue weighted by atomic mass is 9.92. The molecule has 2 unspecified atom stereocenters. The number of hydrogen-bond donors (Lipinski definition) is 3. The van der Waals surface area contributed by atoms with E-state index in [0.29, 0.717) is 11.6 Å². The Hall–Kier alpha value is -1.74. The van der Waals surface area contributed by atoms with E-state index in [-0.39, 0.29) is 23.2 Å². The average molecular weight is 380 g/mol. The van der Waals surface area contributed by atoms with Crippen molar-refractivity contribution in [3.63, 3.8) is 0 Å². The molecule has 26 heavy (non-hydrogen) atoms. The van der Waals surface area contributed by atoms with Crippen LogP contribution in [0.4, 0.5) is 22.0 Å². The quantitative estimate of drug-likeness (QED) is 0.702. The number of rotatable bonds is 3. The maximum Gasteiger partial charge on any atom is 0.490 e. The molecule has 146 valence electrons. The van der Waals surface area contributed by atoms with Crippen LogP contribution < -0.4 is 10.6 Å². The van der Waals surface area contributed by atoms with Crippen LogP contribution in [0, 0.1) is 11.6 Å². The summed E-state index contributed by atoms with van der Waals surface area (Å²) in [6, 6.07) is 3.99. The van der Waals surface area contributed by atoms with Crippen molar-refractivity contribution in [1.82, 2.24) is 10.6 Å². The van der Waals surface area contributed by atoms with Gasteiger partial charge < -0.3 is 15.7 Å². The van der Waals surface area contributed by atoms with Gasteiger partial charge in [0.2, 0.25) is 0 Å². The fraction of sp³-hybridized carbons (Fsp3) is 0.588. The predicted molar refractivity (Wildman–Crippen MR) is 84.6 cm³/mol. The molecule has 3 rings (SSSR count). The van der Waals surface area contributed by atoms with Gasteiger partial charge in [0, 0.05) is 23.2 Å². The van der Waals surface area contributed by atoms with Gasteiger partial charge in [-0.3, -0.25) is 0 Å². The van der Waals surface area contributed by atoms with E-state index in [1.165, 1.54) is 31.0 Å². The van der Waals surface area contributed by atoms with E-state index >= 15 is 0 Å². The second-order valence-corrected chi connectivity index (χ2v) is 6.90. The molecule has 4 nitrogen and oxygen atoms in total. The summed E-state index contributed by atoms with van der Waals surface area (Å²) in [6.45, 7) is 3.07. The lowest BCUT2D eigenvalue weighted by molar-refractivity contribution is -0.192. The van der Waals surface area contributed by atoms with E-state index in [0.717, 1.165) is 19.4 Å². The van der Waals surface area contributed by atoms with Crippen LogP contribution in [0.15, 0.2) is 18.2 Å². The molecule has 1 aliphatic carbocycles. The number of carbonyl (C=O) groups is 1. The van der Waals surface area contributed by atoms with E-state index in [1.54, 1.807) is 0 Å². The van der Waals surface area contributed by atoms with Crippen molar-refractivity contribution in [1.29, 1.82) is 0 Å². The Morgan fingerprint density at radius 1 is 1.31 bits per heavy atom. The Kier molecular flexibility index (Phi) is 6.23. The summed E-state index contributed by atoms with van der Waals surface area (Å²) in [5, 5.41) is 14.1. The summed E-state index contributed by atoms with van der Waals surface area (Å²) in [6.07, 6.45) is -0.787. The first-order valence-electron chi connectivity index (χ1n) is 8.26. The predicted octanol–water partition coefficient (Wildman–Crippen LogP) is 3.53. The molecule has 3 N–H and O–H groups in total. The minimum absolute atomic E-state index is 0.0932. The fourth-order valence-electron chi connectivity index (χ4n) is 2.89. The maximum absolute atomic E-state index is 13.8. The first-order chi connectivity index (χ1) is 12.0. The van der Waals surface area contributed by atoms with Crippen LogP contribution in [-0.2, 0) is 4.79 Å². The Bertz CT molecular complexity index is 647. The third-order valence-corrected chi connectivity index (χ3v) is 4.53. The smallest absolute Gasteiger partial charge is 0.475 e. The van der Waals surface area contributed by atoms with Gasteiger partial charge in [0.05, 0.1) is 0 Å². The third kappa shape index (κ3) is 5.91. The standard InChI is InChI=1S/C15H20F2N2.C2HF3O2/c1-15(5-6-15)19-11-4-7-18-14(9-11)12-8-10(16)2-3-13(12)17;3-2(4,5)1(6)7/h2-3,8,11,14,18-19H,4-7,9H2,1H3;(H,6,7). The number of hydrogen-bond acceptors (Lipinski definition) is 3. The Labute approximate surface area is 147 Å². The molecular weight excluding hydrogens is 359 g/mol. The minimum atomic E-state index is -5.08. The molecule has 2 atom stereocenters. The SMILES string of the molecule is CC1(NC2CCNC(c3cc(F)ccc3F)C2)CC1.O=C(O)C(F)(F)F.